The quantitative estimate of drug-likeness (QED) is 0.155. The van der Waals surface area contributed by atoms with Crippen LogP contribution in [0, 0.1) is 0 Å². The second-order valence-electron chi connectivity index (χ2n) is 6.96. The zero-order valence-corrected chi connectivity index (χ0v) is 18.2. The molecule has 0 atom stereocenters. The van der Waals surface area contributed by atoms with Crippen LogP contribution in [0.5, 0.6) is 11.5 Å². The first-order valence-corrected chi connectivity index (χ1v) is 10.1. The number of halogens is 3. The van der Waals surface area contributed by atoms with E-state index in [2.05, 4.69) is 17.9 Å². The molecule has 0 saturated heterocycles. The minimum Gasteiger partial charge on any atom is -0.462 e. The van der Waals surface area contributed by atoms with Crippen LogP contribution in [0.15, 0.2) is 105 Å². The summed E-state index contributed by atoms with van der Waals surface area (Å²) >= 11 is 0. The first kappa shape index (κ1) is 25.0. The second kappa shape index (κ2) is 11.0. The summed E-state index contributed by atoms with van der Waals surface area (Å²) in [4.78, 5) is 22.3. The summed E-state index contributed by atoms with van der Waals surface area (Å²) < 4.78 is 55.8. The van der Waals surface area contributed by atoms with Crippen molar-refractivity contribution in [2.45, 2.75) is 6.18 Å². The number of hydrogen-bond acceptors (Lipinski definition) is 5. The number of hydrogen-bond donors (Lipinski definition) is 0. The molecule has 0 fully saturated rings. The SMILES string of the molecule is C=CC(=O)O/C=C\Oc1ccc(-c2ccc(-c3ccc(OC(=O)C=C)cc3C(F)(F)F)cc2)cc1. The van der Waals surface area contributed by atoms with Crippen molar-refractivity contribution in [2.24, 2.45) is 0 Å². The van der Waals surface area contributed by atoms with Crippen molar-refractivity contribution in [3.05, 3.63) is 110 Å². The summed E-state index contributed by atoms with van der Waals surface area (Å²) in [7, 11) is 0. The summed E-state index contributed by atoms with van der Waals surface area (Å²) in [6, 6.07) is 16.8. The van der Waals surface area contributed by atoms with Gasteiger partial charge in [0.05, 0.1) is 5.56 Å². The molecule has 0 amide bonds. The van der Waals surface area contributed by atoms with Crippen LogP contribution in [-0.2, 0) is 20.5 Å². The van der Waals surface area contributed by atoms with Crippen LogP contribution in [0.4, 0.5) is 13.2 Å². The molecule has 8 heteroatoms. The van der Waals surface area contributed by atoms with Crippen molar-refractivity contribution in [1.29, 1.82) is 0 Å². The maximum atomic E-state index is 13.7. The van der Waals surface area contributed by atoms with Gasteiger partial charge in [-0.3, -0.25) is 0 Å². The molecule has 3 rings (SSSR count). The lowest BCUT2D eigenvalue weighted by Crippen LogP contribution is -2.09. The van der Waals surface area contributed by atoms with Gasteiger partial charge in [-0.2, -0.15) is 13.2 Å². The van der Waals surface area contributed by atoms with E-state index in [1.807, 2.05) is 0 Å². The third-order valence-corrected chi connectivity index (χ3v) is 4.68. The molecule has 178 valence electrons. The predicted octanol–water partition coefficient (Wildman–Crippen LogP) is 6.71. The molecule has 3 aromatic rings. The molecule has 0 heterocycles. The first-order chi connectivity index (χ1) is 16.7. The number of carbonyl (C=O) groups is 2. The van der Waals surface area contributed by atoms with Gasteiger partial charge in [0.15, 0.2) is 0 Å². The van der Waals surface area contributed by atoms with Gasteiger partial charge in [0.2, 0.25) is 0 Å². The van der Waals surface area contributed by atoms with Crippen LogP contribution >= 0.6 is 0 Å². The topological polar surface area (TPSA) is 61.8 Å². The fraction of sp³-hybridized carbons (Fsp3) is 0.0370. The highest BCUT2D eigenvalue weighted by atomic mass is 19.4. The predicted molar refractivity (Wildman–Crippen MR) is 124 cm³/mol. The number of carbonyl (C=O) groups excluding carboxylic acids is 2. The lowest BCUT2D eigenvalue weighted by Gasteiger charge is -2.15. The molecule has 0 N–H and O–H groups in total. The van der Waals surface area contributed by atoms with E-state index < -0.39 is 23.7 Å². The van der Waals surface area contributed by atoms with Crippen molar-refractivity contribution in [1.82, 2.24) is 0 Å². The van der Waals surface area contributed by atoms with Crippen LogP contribution in [-0.4, -0.2) is 11.9 Å². The van der Waals surface area contributed by atoms with Gasteiger partial charge in [-0.05, 0) is 46.5 Å². The minimum absolute atomic E-state index is 0.0462. The largest absolute Gasteiger partial charge is 0.462 e. The highest BCUT2D eigenvalue weighted by Gasteiger charge is 2.34. The smallest absolute Gasteiger partial charge is 0.417 e. The Morgan fingerprint density at radius 2 is 1.26 bits per heavy atom. The lowest BCUT2D eigenvalue weighted by atomic mass is 9.96. The number of ether oxygens (including phenoxy) is 3. The van der Waals surface area contributed by atoms with Gasteiger partial charge in [-0.25, -0.2) is 9.59 Å². The molecule has 35 heavy (non-hydrogen) atoms. The fourth-order valence-electron chi connectivity index (χ4n) is 3.05. The molecule has 0 radical (unpaired) electrons. The van der Waals surface area contributed by atoms with Crippen LogP contribution in [0.2, 0.25) is 0 Å². The molecular weight excluding hydrogens is 461 g/mol. The van der Waals surface area contributed by atoms with E-state index in [0.717, 1.165) is 35.6 Å². The third kappa shape index (κ3) is 6.70. The number of esters is 2. The van der Waals surface area contributed by atoms with Gasteiger partial charge < -0.3 is 14.2 Å². The normalized spacial score (nSPS) is 11.1. The molecule has 0 aliphatic rings. The highest BCUT2D eigenvalue weighted by Crippen LogP contribution is 2.39. The monoisotopic (exact) mass is 480 g/mol. The summed E-state index contributed by atoms with van der Waals surface area (Å²) in [6.45, 7) is 6.50. The standard InChI is InChI=1S/C27H19F3O5/c1-3-25(31)34-16-15-33-21-11-9-19(10-12-21)18-5-7-20(8-6-18)23-14-13-22(35-26(32)4-2)17-24(23)27(28,29)30/h3-17H,1-2H2/b16-15-. The third-order valence-electron chi connectivity index (χ3n) is 4.68. The van der Waals surface area contributed by atoms with Crippen molar-refractivity contribution in [3.63, 3.8) is 0 Å². The van der Waals surface area contributed by atoms with E-state index in [9.17, 15) is 22.8 Å². The number of rotatable bonds is 8. The Bertz CT molecular complexity index is 1260. The van der Waals surface area contributed by atoms with Crippen LogP contribution in [0.25, 0.3) is 22.3 Å². The van der Waals surface area contributed by atoms with E-state index >= 15 is 0 Å². The Kier molecular flexibility index (Phi) is 7.88. The van der Waals surface area contributed by atoms with Gasteiger partial charge >= 0.3 is 18.1 Å². The molecule has 0 bridgehead atoms. The number of alkyl halides is 3. The summed E-state index contributed by atoms with van der Waals surface area (Å²) in [5.74, 6) is -1.20. The second-order valence-corrected chi connectivity index (χ2v) is 6.96. The van der Waals surface area contributed by atoms with Crippen molar-refractivity contribution in [2.75, 3.05) is 0 Å². The van der Waals surface area contributed by atoms with Crippen LogP contribution in [0.3, 0.4) is 0 Å². The molecule has 0 unspecified atom stereocenters. The molecular formula is C27H19F3O5. The zero-order chi connectivity index (χ0) is 25.4. The maximum absolute atomic E-state index is 13.7. The van der Waals surface area contributed by atoms with E-state index in [-0.39, 0.29) is 11.3 Å². The molecule has 0 spiro atoms. The maximum Gasteiger partial charge on any atom is 0.417 e. The van der Waals surface area contributed by atoms with Crippen molar-refractivity contribution >= 4 is 11.9 Å². The molecule has 3 aromatic carbocycles. The van der Waals surface area contributed by atoms with Gasteiger partial charge in [-0.1, -0.05) is 55.6 Å². The van der Waals surface area contributed by atoms with Gasteiger partial charge in [-0.15, -0.1) is 0 Å². The Balaban J connectivity index is 1.78. The Hall–Kier alpha value is -4.59. The number of benzene rings is 3. The van der Waals surface area contributed by atoms with Crippen LogP contribution in [0.1, 0.15) is 5.56 Å². The zero-order valence-electron chi connectivity index (χ0n) is 18.2. The van der Waals surface area contributed by atoms with E-state index in [0.29, 0.717) is 11.3 Å². The summed E-state index contributed by atoms with van der Waals surface area (Å²) in [5, 5.41) is 0. The Morgan fingerprint density at radius 3 is 1.83 bits per heavy atom. The molecule has 5 nitrogen and oxygen atoms in total. The highest BCUT2D eigenvalue weighted by molar-refractivity contribution is 5.84. The van der Waals surface area contributed by atoms with Crippen molar-refractivity contribution in [3.8, 4) is 33.8 Å². The fourth-order valence-corrected chi connectivity index (χ4v) is 3.05. The van der Waals surface area contributed by atoms with Gasteiger partial charge in [0, 0.05) is 12.2 Å². The Morgan fingerprint density at radius 1 is 0.714 bits per heavy atom. The minimum atomic E-state index is -4.65. The van der Waals surface area contributed by atoms with Crippen molar-refractivity contribution < 1.29 is 37.0 Å². The van der Waals surface area contributed by atoms with E-state index in [4.69, 9.17) is 9.47 Å². The first-order valence-electron chi connectivity index (χ1n) is 10.1. The van der Waals surface area contributed by atoms with E-state index in [1.54, 1.807) is 48.5 Å². The van der Waals surface area contributed by atoms with Gasteiger partial charge in [0.1, 0.15) is 24.0 Å². The molecule has 0 aliphatic carbocycles. The Labute approximate surface area is 199 Å². The summed E-state index contributed by atoms with van der Waals surface area (Å²) in [6.07, 6.45) is -0.478. The average molecular weight is 480 g/mol. The van der Waals surface area contributed by atoms with Gasteiger partial charge in [0.25, 0.3) is 0 Å². The average Bonchev–Trinajstić information content (AvgIpc) is 2.86. The van der Waals surface area contributed by atoms with E-state index in [1.165, 1.54) is 18.4 Å². The van der Waals surface area contributed by atoms with Crippen LogP contribution < -0.4 is 9.47 Å². The molecule has 0 saturated carbocycles. The summed E-state index contributed by atoms with van der Waals surface area (Å²) in [5.41, 5.74) is 0.972. The molecule has 0 aliphatic heterocycles. The molecule has 0 aromatic heterocycles. The lowest BCUT2D eigenvalue weighted by molar-refractivity contribution is -0.137.